The SMILES string of the molecule is CNC(=O)c1ccc(S(=O)(=O)C[C@](C)(O)C(=O)Nc2cnc(C)c(C)c2)cc1. The van der Waals surface area contributed by atoms with Crippen LogP contribution in [0.2, 0.25) is 0 Å². The van der Waals surface area contributed by atoms with Crippen LogP contribution in [0.3, 0.4) is 0 Å². The minimum absolute atomic E-state index is 0.0962. The molecule has 0 aliphatic carbocycles. The second kappa shape index (κ2) is 8.07. The molecule has 9 heteroatoms. The molecule has 0 unspecified atom stereocenters. The molecule has 2 rings (SSSR count). The summed E-state index contributed by atoms with van der Waals surface area (Å²) in [6.07, 6.45) is 1.43. The van der Waals surface area contributed by atoms with Crippen molar-refractivity contribution < 1.29 is 23.1 Å². The number of hydrogen-bond acceptors (Lipinski definition) is 6. The predicted molar refractivity (Wildman–Crippen MR) is 105 cm³/mol. The molecule has 8 nitrogen and oxygen atoms in total. The normalized spacial score (nSPS) is 13.5. The van der Waals surface area contributed by atoms with Gasteiger partial charge in [0.15, 0.2) is 15.4 Å². The Bertz CT molecular complexity index is 999. The molecule has 0 spiro atoms. The maximum absolute atomic E-state index is 12.6. The average Bonchev–Trinajstić information content (AvgIpc) is 2.63. The second-order valence-electron chi connectivity index (χ2n) is 6.72. The number of aliphatic hydroxyl groups is 1. The second-order valence-corrected chi connectivity index (χ2v) is 8.71. The topological polar surface area (TPSA) is 125 Å². The number of aromatic nitrogens is 1. The molecule has 2 amide bonds. The van der Waals surface area contributed by atoms with E-state index in [2.05, 4.69) is 15.6 Å². The molecule has 0 aliphatic rings. The lowest BCUT2D eigenvalue weighted by molar-refractivity contribution is -0.130. The lowest BCUT2D eigenvalue weighted by atomic mass is 10.1. The number of pyridine rings is 1. The van der Waals surface area contributed by atoms with Crippen LogP contribution in [0.15, 0.2) is 41.4 Å². The lowest BCUT2D eigenvalue weighted by Gasteiger charge is -2.22. The van der Waals surface area contributed by atoms with Gasteiger partial charge in [0.2, 0.25) is 0 Å². The molecule has 1 aromatic heterocycles. The Hall–Kier alpha value is -2.78. The van der Waals surface area contributed by atoms with Crippen molar-refractivity contribution in [3.05, 3.63) is 53.3 Å². The van der Waals surface area contributed by atoms with Crippen LogP contribution in [0, 0.1) is 13.8 Å². The van der Waals surface area contributed by atoms with Crippen molar-refractivity contribution in [2.24, 2.45) is 0 Å². The van der Waals surface area contributed by atoms with Crippen LogP contribution >= 0.6 is 0 Å². The number of rotatable bonds is 6. The molecule has 28 heavy (non-hydrogen) atoms. The first-order chi connectivity index (χ1) is 13.0. The predicted octanol–water partition coefficient (Wildman–Crippen LogP) is 1.22. The molecular formula is C19H23N3O5S. The van der Waals surface area contributed by atoms with Gasteiger partial charge >= 0.3 is 0 Å². The Kier molecular flexibility index (Phi) is 6.20. The quantitative estimate of drug-likeness (QED) is 0.664. The smallest absolute Gasteiger partial charge is 0.257 e. The van der Waals surface area contributed by atoms with Gasteiger partial charge in [-0.15, -0.1) is 0 Å². The largest absolute Gasteiger partial charge is 0.379 e. The number of aryl methyl sites for hydroxylation is 2. The Morgan fingerprint density at radius 3 is 2.32 bits per heavy atom. The first-order valence-electron chi connectivity index (χ1n) is 8.48. The van der Waals surface area contributed by atoms with E-state index in [0.717, 1.165) is 18.2 Å². The summed E-state index contributed by atoms with van der Waals surface area (Å²) < 4.78 is 25.2. The highest BCUT2D eigenvalue weighted by Crippen LogP contribution is 2.20. The monoisotopic (exact) mass is 405 g/mol. The van der Waals surface area contributed by atoms with Crippen molar-refractivity contribution in [1.29, 1.82) is 0 Å². The molecule has 0 radical (unpaired) electrons. The van der Waals surface area contributed by atoms with Crippen molar-refractivity contribution in [3.63, 3.8) is 0 Å². The third-order valence-corrected chi connectivity index (χ3v) is 6.19. The third-order valence-electron chi connectivity index (χ3n) is 4.26. The van der Waals surface area contributed by atoms with E-state index in [0.29, 0.717) is 11.3 Å². The molecule has 0 saturated carbocycles. The highest BCUT2D eigenvalue weighted by atomic mass is 32.2. The van der Waals surface area contributed by atoms with E-state index in [-0.39, 0.29) is 10.8 Å². The highest BCUT2D eigenvalue weighted by molar-refractivity contribution is 7.91. The number of carbonyl (C=O) groups excluding carboxylic acids is 2. The first-order valence-corrected chi connectivity index (χ1v) is 10.1. The number of nitrogens with zero attached hydrogens (tertiary/aromatic N) is 1. The molecule has 0 saturated heterocycles. The van der Waals surface area contributed by atoms with E-state index in [1.165, 1.54) is 37.5 Å². The van der Waals surface area contributed by atoms with E-state index in [9.17, 15) is 23.1 Å². The van der Waals surface area contributed by atoms with Gasteiger partial charge in [0.25, 0.3) is 11.8 Å². The van der Waals surface area contributed by atoms with E-state index < -0.39 is 27.1 Å². The van der Waals surface area contributed by atoms with Crippen molar-refractivity contribution >= 4 is 27.3 Å². The van der Waals surface area contributed by atoms with Gasteiger partial charge in [0.05, 0.1) is 22.5 Å². The minimum atomic E-state index is -3.98. The number of sulfone groups is 1. The number of carbonyl (C=O) groups is 2. The van der Waals surface area contributed by atoms with Crippen molar-refractivity contribution in [3.8, 4) is 0 Å². The van der Waals surface area contributed by atoms with Crippen LogP contribution in [0.4, 0.5) is 5.69 Å². The van der Waals surface area contributed by atoms with Crippen LogP contribution in [0.25, 0.3) is 0 Å². The zero-order valence-corrected chi connectivity index (χ0v) is 16.9. The van der Waals surface area contributed by atoms with E-state index in [1.54, 1.807) is 6.07 Å². The Morgan fingerprint density at radius 2 is 1.79 bits per heavy atom. The van der Waals surface area contributed by atoms with Crippen LogP contribution < -0.4 is 10.6 Å². The summed E-state index contributed by atoms with van der Waals surface area (Å²) in [4.78, 5) is 28.0. The van der Waals surface area contributed by atoms with Gasteiger partial charge in [-0.1, -0.05) is 0 Å². The van der Waals surface area contributed by atoms with Gasteiger partial charge in [-0.2, -0.15) is 0 Å². The fourth-order valence-electron chi connectivity index (χ4n) is 2.45. The molecule has 0 aliphatic heterocycles. The van der Waals surface area contributed by atoms with E-state index in [4.69, 9.17) is 0 Å². The summed E-state index contributed by atoms with van der Waals surface area (Å²) in [6, 6.07) is 6.94. The summed E-state index contributed by atoms with van der Waals surface area (Å²) >= 11 is 0. The third kappa shape index (κ3) is 4.93. The summed E-state index contributed by atoms with van der Waals surface area (Å²) in [6.45, 7) is 4.77. The van der Waals surface area contributed by atoms with Crippen LogP contribution in [-0.4, -0.2) is 48.7 Å². The molecular weight excluding hydrogens is 382 g/mol. The van der Waals surface area contributed by atoms with Crippen LogP contribution in [-0.2, 0) is 14.6 Å². The summed E-state index contributed by atoms with van der Waals surface area (Å²) in [7, 11) is -2.51. The fourth-order valence-corrected chi connectivity index (χ4v) is 4.04. The standard InChI is InChI=1S/C19H23N3O5S/c1-12-9-15(10-21-13(12)2)22-18(24)19(3,25)11-28(26,27)16-7-5-14(6-8-16)17(23)20-4/h5-10,25H,11H2,1-4H3,(H,20,23)(H,22,24)/t19-/m0/s1. The van der Waals surface area contributed by atoms with Crippen LogP contribution in [0.5, 0.6) is 0 Å². The van der Waals surface area contributed by atoms with Crippen molar-refractivity contribution in [1.82, 2.24) is 10.3 Å². The van der Waals surface area contributed by atoms with Gasteiger partial charge in [-0.3, -0.25) is 14.6 Å². The zero-order chi connectivity index (χ0) is 21.1. The van der Waals surface area contributed by atoms with Crippen molar-refractivity contribution in [2.75, 3.05) is 18.1 Å². The molecule has 150 valence electrons. The zero-order valence-electron chi connectivity index (χ0n) is 16.1. The summed E-state index contributed by atoms with van der Waals surface area (Å²) in [5.41, 5.74) is 0.139. The molecule has 1 aromatic carbocycles. The highest BCUT2D eigenvalue weighted by Gasteiger charge is 2.36. The number of benzene rings is 1. The molecule has 0 bridgehead atoms. The van der Waals surface area contributed by atoms with Gasteiger partial charge in [0.1, 0.15) is 0 Å². The molecule has 1 atom stereocenters. The maximum atomic E-state index is 12.6. The average molecular weight is 405 g/mol. The number of nitrogens with one attached hydrogen (secondary N) is 2. The summed E-state index contributed by atoms with van der Waals surface area (Å²) in [5, 5.41) is 15.4. The Labute approximate surface area is 163 Å². The van der Waals surface area contributed by atoms with Gasteiger partial charge in [-0.25, -0.2) is 8.42 Å². The van der Waals surface area contributed by atoms with Crippen molar-refractivity contribution in [2.45, 2.75) is 31.3 Å². The number of amides is 2. The van der Waals surface area contributed by atoms with Gasteiger partial charge in [-0.05, 0) is 56.7 Å². The fraction of sp³-hybridized carbons (Fsp3) is 0.316. The van der Waals surface area contributed by atoms with Gasteiger partial charge < -0.3 is 15.7 Å². The van der Waals surface area contributed by atoms with Crippen LogP contribution in [0.1, 0.15) is 28.5 Å². The molecule has 0 fully saturated rings. The van der Waals surface area contributed by atoms with Gasteiger partial charge in [0, 0.05) is 18.3 Å². The molecule has 1 heterocycles. The Balaban J connectivity index is 2.17. The van der Waals surface area contributed by atoms with E-state index in [1.807, 2.05) is 13.8 Å². The molecule has 3 N–H and O–H groups in total. The van der Waals surface area contributed by atoms with E-state index >= 15 is 0 Å². The molecule has 2 aromatic rings. The summed E-state index contributed by atoms with van der Waals surface area (Å²) in [5.74, 6) is -2.02. The Morgan fingerprint density at radius 1 is 1.18 bits per heavy atom. The first kappa shape index (κ1) is 21.5. The maximum Gasteiger partial charge on any atom is 0.257 e. The minimum Gasteiger partial charge on any atom is -0.379 e. The lowest BCUT2D eigenvalue weighted by Crippen LogP contribution is -2.45. The number of hydrogen-bond donors (Lipinski definition) is 3. The number of anilines is 1.